The lowest BCUT2D eigenvalue weighted by atomic mass is 10.1. The fraction of sp³-hybridized carbons (Fsp3) is 0.353. The number of aromatic nitrogens is 1. The van der Waals surface area contributed by atoms with Gasteiger partial charge in [0.05, 0.1) is 6.42 Å². The lowest BCUT2D eigenvalue weighted by molar-refractivity contribution is -0.131. The Bertz CT molecular complexity index is 625. The lowest BCUT2D eigenvalue weighted by Crippen LogP contribution is -2.37. The van der Waals surface area contributed by atoms with E-state index in [4.69, 9.17) is 0 Å². The van der Waals surface area contributed by atoms with Crippen LogP contribution >= 0.6 is 0 Å². The van der Waals surface area contributed by atoms with Crippen LogP contribution in [0.1, 0.15) is 22.4 Å². The predicted molar refractivity (Wildman–Crippen MR) is 79.4 cm³/mol. The molecule has 0 unspecified atom stereocenters. The standard InChI is InChI=1S/C17H20N2O/c1-13-3-5-14(6-4-13)11-17(20)19-10-8-16-15(12-19)7-9-18(16)2/h3-7,9H,8,10-12H2,1-2H3. The first-order valence-electron chi connectivity index (χ1n) is 7.10. The molecule has 0 aliphatic carbocycles. The molecule has 0 bridgehead atoms. The van der Waals surface area contributed by atoms with Crippen molar-refractivity contribution in [1.29, 1.82) is 0 Å². The second-order valence-electron chi connectivity index (χ2n) is 5.63. The number of amides is 1. The van der Waals surface area contributed by atoms with Gasteiger partial charge in [-0.2, -0.15) is 0 Å². The van der Waals surface area contributed by atoms with E-state index in [9.17, 15) is 4.79 Å². The van der Waals surface area contributed by atoms with Crippen molar-refractivity contribution < 1.29 is 4.79 Å². The maximum atomic E-state index is 12.4. The fourth-order valence-corrected chi connectivity index (χ4v) is 2.83. The summed E-state index contributed by atoms with van der Waals surface area (Å²) >= 11 is 0. The van der Waals surface area contributed by atoms with Crippen LogP contribution in [0.15, 0.2) is 36.5 Å². The normalized spacial score (nSPS) is 14.2. The van der Waals surface area contributed by atoms with Crippen LogP contribution in [0, 0.1) is 6.92 Å². The van der Waals surface area contributed by atoms with Crippen LogP contribution in [-0.4, -0.2) is 21.9 Å². The zero-order valence-electron chi connectivity index (χ0n) is 12.1. The Morgan fingerprint density at radius 1 is 1.20 bits per heavy atom. The highest BCUT2D eigenvalue weighted by molar-refractivity contribution is 5.79. The summed E-state index contributed by atoms with van der Waals surface area (Å²) in [5, 5.41) is 0. The van der Waals surface area contributed by atoms with E-state index in [2.05, 4.69) is 42.9 Å². The minimum Gasteiger partial charge on any atom is -0.354 e. The summed E-state index contributed by atoms with van der Waals surface area (Å²) in [6, 6.07) is 10.3. The number of rotatable bonds is 2. The van der Waals surface area contributed by atoms with Gasteiger partial charge >= 0.3 is 0 Å². The molecule has 3 nitrogen and oxygen atoms in total. The van der Waals surface area contributed by atoms with Crippen LogP contribution in [0.3, 0.4) is 0 Å². The van der Waals surface area contributed by atoms with Crippen LogP contribution < -0.4 is 0 Å². The first-order chi connectivity index (χ1) is 9.63. The topological polar surface area (TPSA) is 25.2 Å². The Kier molecular flexibility index (Phi) is 3.35. The number of benzene rings is 1. The monoisotopic (exact) mass is 268 g/mol. The summed E-state index contributed by atoms with van der Waals surface area (Å²) in [7, 11) is 2.07. The van der Waals surface area contributed by atoms with Gasteiger partial charge in [0.25, 0.3) is 0 Å². The smallest absolute Gasteiger partial charge is 0.227 e. The maximum absolute atomic E-state index is 12.4. The van der Waals surface area contributed by atoms with Gasteiger partial charge in [-0.25, -0.2) is 0 Å². The molecule has 104 valence electrons. The Morgan fingerprint density at radius 2 is 1.95 bits per heavy atom. The van der Waals surface area contributed by atoms with Crippen molar-refractivity contribution in [3.05, 3.63) is 58.9 Å². The van der Waals surface area contributed by atoms with Gasteiger partial charge in [0.1, 0.15) is 0 Å². The summed E-state index contributed by atoms with van der Waals surface area (Å²) in [6.07, 6.45) is 3.54. The number of carbonyl (C=O) groups is 1. The largest absolute Gasteiger partial charge is 0.354 e. The van der Waals surface area contributed by atoms with E-state index < -0.39 is 0 Å². The number of hydrogen-bond donors (Lipinski definition) is 0. The van der Waals surface area contributed by atoms with E-state index in [1.54, 1.807) is 0 Å². The Balaban J connectivity index is 1.68. The predicted octanol–water partition coefficient (Wildman–Crippen LogP) is 2.46. The number of nitrogens with zero attached hydrogens (tertiary/aromatic N) is 2. The van der Waals surface area contributed by atoms with Crippen LogP contribution in [0.2, 0.25) is 0 Å². The second kappa shape index (κ2) is 5.16. The minimum atomic E-state index is 0.225. The average Bonchev–Trinajstić information content (AvgIpc) is 2.82. The van der Waals surface area contributed by atoms with Gasteiger partial charge < -0.3 is 9.47 Å². The van der Waals surface area contributed by atoms with Gasteiger partial charge in [0, 0.05) is 38.4 Å². The van der Waals surface area contributed by atoms with Crippen LogP contribution in [-0.2, 0) is 31.2 Å². The summed E-state index contributed by atoms with van der Waals surface area (Å²) in [6.45, 7) is 3.64. The zero-order valence-corrected chi connectivity index (χ0v) is 12.1. The van der Waals surface area contributed by atoms with Crippen molar-refractivity contribution in [3.63, 3.8) is 0 Å². The fourth-order valence-electron chi connectivity index (χ4n) is 2.83. The molecule has 1 aromatic heterocycles. The molecule has 0 spiro atoms. The van der Waals surface area contributed by atoms with Gasteiger partial charge in [-0.15, -0.1) is 0 Å². The molecule has 0 saturated carbocycles. The quantitative estimate of drug-likeness (QED) is 0.821. The van der Waals surface area contributed by atoms with Gasteiger partial charge in [0.2, 0.25) is 5.91 Å². The first-order valence-corrected chi connectivity index (χ1v) is 7.10. The molecule has 3 rings (SSSR count). The van der Waals surface area contributed by atoms with Gasteiger partial charge in [-0.3, -0.25) is 4.79 Å². The van der Waals surface area contributed by atoms with Crippen molar-refractivity contribution in [2.24, 2.45) is 7.05 Å². The first kappa shape index (κ1) is 13.0. The summed E-state index contributed by atoms with van der Waals surface area (Å²) in [5.41, 5.74) is 4.98. The van der Waals surface area contributed by atoms with Crippen LogP contribution in [0.5, 0.6) is 0 Å². The summed E-state index contributed by atoms with van der Waals surface area (Å²) in [4.78, 5) is 14.4. The van der Waals surface area contributed by atoms with Crippen molar-refractivity contribution in [2.75, 3.05) is 6.54 Å². The van der Waals surface area contributed by atoms with Crippen LogP contribution in [0.25, 0.3) is 0 Å². The van der Waals surface area contributed by atoms with Crippen molar-refractivity contribution in [1.82, 2.24) is 9.47 Å². The molecule has 1 aromatic carbocycles. The molecule has 0 radical (unpaired) electrons. The molecule has 20 heavy (non-hydrogen) atoms. The van der Waals surface area contributed by atoms with E-state index in [0.717, 1.165) is 25.1 Å². The zero-order chi connectivity index (χ0) is 14.1. The molecule has 2 aromatic rings. The van der Waals surface area contributed by atoms with E-state index >= 15 is 0 Å². The molecule has 0 saturated heterocycles. The molecule has 0 atom stereocenters. The van der Waals surface area contributed by atoms with Crippen molar-refractivity contribution >= 4 is 5.91 Å². The molecule has 3 heteroatoms. The van der Waals surface area contributed by atoms with Crippen LogP contribution in [0.4, 0.5) is 0 Å². The Labute approximate surface area is 119 Å². The van der Waals surface area contributed by atoms with Gasteiger partial charge in [0.15, 0.2) is 0 Å². The molecule has 0 fully saturated rings. The van der Waals surface area contributed by atoms with E-state index in [1.807, 2.05) is 17.0 Å². The minimum absolute atomic E-state index is 0.225. The van der Waals surface area contributed by atoms with Gasteiger partial charge in [-0.05, 0) is 24.1 Å². The maximum Gasteiger partial charge on any atom is 0.227 e. The number of fused-ring (bicyclic) bond motifs is 1. The molecule has 0 N–H and O–H groups in total. The number of aryl methyl sites for hydroxylation is 2. The summed E-state index contributed by atoms with van der Waals surface area (Å²) in [5.74, 6) is 0.225. The average molecular weight is 268 g/mol. The molecule has 1 amide bonds. The SMILES string of the molecule is Cc1ccc(CC(=O)N2CCc3c(ccn3C)C2)cc1. The second-order valence-corrected chi connectivity index (χ2v) is 5.63. The molecule has 2 heterocycles. The highest BCUT2D eigenvalue weighted by Crippen LogP contribution is 2.20. The molecular weight excluding hydrogens is 248 g/mol. The molecule has 1 aliphatic rings. The highest BCUT2D eigenvalue weighted by atomic mass is 16.2. The molecular formula is C17H20N2O. The van der Waals surface area contributed by atoms with Crippen molar-refractivity contribution in [3.8, 4) is 0 Å². The van der Waals surface area contributed by atoms with Crippen molar-refractivity contribution in [2.45, 2.75) is 26.3 Å². The van der Waals surface area contributed by atoms with Gasteiger partial charge in [-0.1, -0.05) is 29.8 Å². The van der Waals surface area contributed by atoms with E-state index in [1.165, 1.54) is 16.8 Å². The Morgan fingerprint density at radius 3 is 2.70 bits per heavy atom. The molecule has 1 aliphatic heterocycles. The highest BCUT2D eigenvalue weighted by Gasteiger charge is 2.22. The van der Waals surface area contributed by atoms with E-state index in [0.29, 0.717) is 6.42 Å². The number of carbonyl (C=O) groups excluding carboxylic acids is 1. The third kappa shape index (κ3) is 2.48. The third-order valence-corrected chi connectivity index (χ3v) is 4.10. The Hall–Kier alpha value is -2.03. The lowest BCUT2D eigenvalue weighted by Gasteiger charge is -2.28. The summed E-state index contributed by atoms with van der Waals surface area (Å²) < 4.78 is 2.16. The number of hydrogen-bond acceptors (Lipinski definition) is 1. The van der Waals surface area contributed by atoms with E-state index in [-0.39, 0.29) is 5.91 Å². The third-order valence-electron chi connectivity index (χ3n) is 4.10.